The van der Waals surface area contributed by atoms with Crippen molar-refractivity contribution in [2.45, 2.75) is 12.3 Å². The predicted molar refractivity (Wildman–Crippen MR) is 93.6 cm³/mol. The number of rotatable bonds is 8. The predicted octanol–water partition coefficient (Wildman–Crippen LogP) is 2.93. The van der Waals surface area contributed by atoms with E-state index in [2.05, 4.69) is 0 Å². The first-order valence-corrected chi connectivity index (χ1v) is 7.60. The van der Waals surface area contributed by atoms with Crippen LogP contribution < -0.4 is 0 Å². The molecule has 0 unspecified atom stereocenters. The summed E-state index contributed by atoms with van der Waals surface area (Å²) in [6.07, 6.45) is -0.836. The molecule has 0 aromatic heterocycles. The molecule has 1 N–H and O–H groups in total. The van der Waals surface area contributed by atoms with Gasteiger partial charge >= 0.3 is 5.97 Å². The van der Waals surface area contributed by atoms with Crippen molar-refractivity contribution in [2.24, 2.45) is 0 Å². The van der Waals surface area contributed by atoms with Crippen LogP contribution in [0.4, 0.5) is 22.7 Å². The third kappa shape index (κ3) is 4.44. The summed E-state index contributed by atoms with van der Waals surface area (Å²) >= 11 is 0. The monoisotopic (exact) mass is 406 g/mol. The topological polar surface area (TPSA) is 210 Å². The van der Waals surface area contributed by atoms with Crippen LogP contribution in [0.5, 0.6) is 0 Å². The van der Waals surface area contributed by atoms with Crippen molar-refractivity contribution >= 4 is 28.7 Å². The van der Waals surface area contributed by atoms with Crippen LogP contribution >= 0.6 is 0 Å². The van der Waals surface area contributed by atoms with Gasteiger partial charge in [0.25, 0.3) is 22.7 Å². The lowest BCUT2D eigenvalue weighted by Crippen LogP contribution is -2.12. The van der Waals surface area contributed by atoms with E-state index >= 15 is 0 Å². The molecule has 0 heterocycles. The Morgan fingerprint density at radius 2 is 1.14 bits per heavy atom. The summed E-state index contributed by atoms with van der Waals surface area (Å²) in [7, 11) is 0. The standard InChI is InChI=1S/C15H10N4O10/c20-15(21)7-12(10-3-1-8(16(22)23)5-13(10)18(26)27)11-4-2-9(17(24)25)6-14(11)19(28)29/h1-6,12H,7H2,(H,20,21). The fourth-order valence-electron chi connectivity index (χ4n) is 2.76. The second-order valence-electron chi connectivity index (χ2n) is 5.67. The van der Waals surface area contributed by atoms with Crippen LogP contribution in [0.3, 0.4) is 0 Å². The maximum atomic E-state index is 11.4. The van der Waals surface area contributed by atoms with Crippen molar-refractivity contribution in [3.8, 4) is 0 Å². The van der Waals surface area contributed by atoms with Gasteiger partial charge in [0.15, 0.2) is 0 Å². The number of nitrogens with zero attached hydrogens (tertiary/aromatic N) is 4. The molecule has 0 bridgehead atoms. The molecule has 2 aromatic carbocycles. The van der Waals surface area contributed by atoms with E-state index in [1.54, 1.807) is 0 Å². The molecule has 0 aliphatic rings. The van der Waals surface area contributed by atoms with Gasteiger partial charge in [0.2, 0.25) is 0 Å². The zero-order valence-electron chi connectivity index (χ0n) is 14.2. The molecule has 29 heavy (non-hydrogen) atoms. The van der Waals surface area contributed by atoms with Crippen LogP contribution in [-0.2, 0) is 4.79 Å². The zero-order chi connectivity index (χ0) is 21.9. The molecule has 0 atom stereocenters. The fourth-order valence-corrected chi connectivity index (χ4v) is 2.76. The van der Waals surface area contributed by atoms with Gasteiger partial charge in [0.1, 0.15) is 0 Å². The number of hydrogen-bond acceptors (Lipinski definition) is 9. The van der Waals surface area contributed by atoms with Crippen molar-refractivity contribution < 1.29 is 29.6 Å². The summed E-state index contributed by atoms with van der Waals surface area (Å²) in [6.45, 7) is 0. The molecule has 14 heteroatoms. The molecule has 2 aromatic rings. The van der Waals surface area contributed by atoms with Crippen LogP contribution in [0, 0.1) is 40.5 Å². The van der Waals surface area contributed by atoms with Crippen molar-refractivity contribution in [2.75, 3.05) is 0 Å². The summed E-state index contributed by atoms with van der Waals surface area (Å²) in [5.74, 6) is -2.93. The zero-order valence-corrected chi connectivity index (χ0v) is 14.2. The molecule has 0 amide bonds. The van der Waals surface area contributed by atoms with E-state index in [1.807, 2.05) is 0 Å². The van der Waals surface area contributed by atoms with E-state index < -0.39 is 60.8 Å². The number of carbonyl (C=O) groups is 1. The maximum Gasteiger partial charge on any atom is 0.304 e. The van der Waals surface area contributed by atoms with Crippen LogP contribution in [-0.4, -0.2) is 30.8 Å². The smallest absolute Gasteiger partial charge is 0.304 e. The second-order valence-corrected chi connectivity index (χ2v) is 5.67. The molecule has 14 nitrogen and oxygen atoms in total. The minimum absolute atomic E-state index is 0.319. The van der Waals surface area contributed by atoms with Gasteiger partial charge in [0.05, 0.1) is 38.2 Å². The number of nitro benzene ring substituents is 4. The lowest BCUT2D eigenvalue weighted by atomic mass is 9.86. The van der Waals surface area contributed by atoms with Gasteiger partial charge in [-0.3, -0.25) is 45.3 Å². The highest BCUT2D eigenvalue weighted by Gasteiger charge is 2.33. The van der Waals surface area contributed by atoms with Crippen molar-refractivity contribution in [3.63, 3.8) is 0 Å². The highest BCUT2D eigenvalue weighted by molar-refractivity contribution is 5.71. The Bertz CT molecular complexity index is 976. The lowest BCUT2D eigenvalue weighted by molar-refractivity contribution is -0.395. The molecule has 0 fully saturated rings. The van der Waals surface area contributed by atoms with Gasteiger partial charge in [-0.05, 0) is 12.1 Å². The number of aliphatic carboxylic acids is 1. The Morgan fingerprint density at radius 3 is 1.41 bits per heavy atom. The summed E-state index contributed by atoms with van der Waals surface area (Å²) in [5.41, 5.74) is -3.52. The average molecular weight is 406 g/mol. The van der Waals surface area contributed by atoms with Crippen LogP contribution in [0.1, 0.15) is 23.5 Å². The molecular formula is C15H10N4O10. The lowest BCUT2D eigenvalue weighted by Gasteiger charge is -2.16. The third-order valence-electron chi connectivity index (χ3n) is 3.97. The molecule has 0 spiro atoms. The molecule has 0 saturated carbocycles. The highest BCUT2D eigenvalue weighted by atomic mass is 16.6. The van der Waals surface area contributed by atoms with E-state index in [4.69, 9.17) is 0 Å². The quantitative estimate of drug-likeness (QED) is 0.500. The minimum Gasteiger partial charge on any atom is -0.481 e. The van der Waals surface area contributed by atoms with Crippen LogP contribution in [0.25, 0.3) is 0 Å². The maximum absolute atomic E-state index is 11.4. The summed E-state index contributed by atoms with van der Waals surface area (Å²) < 4.78 is 0. The first kappa shape index (κ1) is 20.8. The minimum atomic E-state index is -1.46. The number of carboxylic acid groups (broad SMARTS) is 1. The van der Waals surface area contributed by atoms with Gasteiger partial charge in [-0.25, -0.2) is 0 Å². The van der Waals surface area contributed by atoms with Gasteiger partial charge in [-0.2, -0.15) is 0 Å². The number of benzene rings is 2. The Balaban J connectivity index is 2.79. The van der Waals surface area contributed by atoms with Gasteiger partial charge in [-0.15, -0.1) is 0 Å². The number of non-ortho nitro benzene ring substituents is 2. The normalized spacial score (nSPS) is 10.5. The van der Waals surface area contributed by atoms with E-state index in [0.29, 0.717) is 12.1 Å². The molecule has 150 valence electrons. The largest absolute Gasteiger partial charge is 0.481 e. The molecule has 2 rings (SSSR count). The number of nitro groups is 4. The van der Waals surface area contributed by atoms with E-state index in [1.165, 1.54) is 0 Å². The molecular weight excluding hydrogens is 396 g/mol. The SMILES string of the molecule is O=C(O)CC(c1ccc([N+](=O)[O-])cc1[N+](=O)[O-])c1ccc([N+](=O)[O-])cc1[N+](=O)[O-]. The van der Waals surface area contributed by atoms with Gasteiger partial charge in [-0.1, -0.05) is 0 Å². The molecule has 0 saturated heterocycles. The van der Waals surface area contributed by atoms with E-state index in [0.717, 1.165) is 24.3 Å². The molecule has 0 aliphatic carbocycles. The fraction of sp³-hybridized carbons (Fsp3) is 0.133. The van der Waals surface area contributed by atoms with Gasteiger partial charge < -0.3 is 5.11 Å². The number of carboxylic acids is 1. The summed E-state index contributed by atoms with van der Waals surface area (Å²) in [4.78, 5) is 52.1. The Kier molecular flexibility index (Phi) is 5.77. The first-order valence-electron chi connectivity index (χ1n) is 7.60. The van der Waals surface area contributed by atoms with Crippen LogP contribution in [0.2, 0.25) is 0 Å². The first-order chi connectivity index (χ1) is 13.5. The van der Waals surface area contributed by atoms with Crippen molar-refractivity contribution in [3.05, 3.63) is 88.0 Å². The Labute approximate surface area is 159 Å². The van der Waals surface area contributed by atoms with Crippen molar-refractivity contribution in [1.29, 1.82) is 0 Å². The summed E-state index contributed by atoms with van der Waals surface area (Å²) in [6, 6.07) is 4.90. The average Bonchev–Trinajstić information content (AvgIpc) is 2.64. The van der Waals surface area contributed by atoms with Crippen LogP contribution in [0.15, 0.2) is 36.4 Å². The molecule has 0 aliphatic heterocycles. The highest BCUT2D eigenvalue weighted by Crippen LogP contribution is 2.40. The van der Waals surface area contributed by atoms with E-state index in [9.17, 15) is 50.4 Å². The Hall–Kier alpha value is -4.49. The third-order valence-corrected chi connectivity index (χ3v) is 3.97. The van der Waals surface area contributed by atoms with Gasteiger partial charge in [0, 0.05) is 29.2 Å². The molecule has 0 radical (unpaired) electrons. The number of hydrogen-bond donors (Lipinski definition) is 1. The van der Waals surface area contributed by atoms with E-state index in [-0.39, 0.29) is 11.1 Å². The summed E-state index contributed by atoms with van der Waals surface area (Å²) in [5, 5.41) is 53.8. The Morgan fingerprint density at radius 1 is 0.759 bits per heavy atom. The van der Waals surface area contributed by atoms with Crippen molar-refractivity contribution in [1.82, 2.24) is 0 Å². The second kappa shape index (κ2) is 8.03.